The van der Waals surface area contributed by atoms with Crippen molar-refractivity contribution in [1.29, 1.82) is 0 Å². The SMILES string of the molecule is COc1ccccc1/C(=C/n1cc(/C(C)=N/OC(C)C)c(=O)n(N(C)C(=O)N2CCCCC2)c1=O)OC1CCOCC1. The maximum Gasteiger partial charge on any atom is 0.354 e. The Labute approximate surface area is 245 Å². The number of hydrogen-bond acceptors (Lipinski definition) is 8. The number of carbonyl (C=O) groups excluding carboxylic acids is 1. The number of amides is 2. The summed E-state index contributed by atoms with van der Waals surface area (Å²) >= 11 is 0. The van der Waals surface area contributed by atoms with Gasteiger partial charge < -0.3 is 23.9 Å². The third-order valence-corrected chi connectivity index (χ3v) is 7.18. The summed E-state index contributed by atoms with van der Waals surface area (Å²) in [4.78, 5) is 48.2. The molecule has 2 saturated heterocycles. The molecule has 0 bridgehead atoms. The van der Waals surface area contributed by atoms with E-state index >= 15 is 0 Å². The number of ether oxygens (including phenoxy) is 3. The van der Waals surface area contributed by atoms with Gasteiger partial charge >= 0.3 is 11.7 Å². The van der Waals surface area contributed by atoms with Gasteiger partial charge in [-0.1, -0.05) is 17.3 Å². The van der Waals surface area contributed by atoms with Crippen molar-refractivity contribution in [2.45, 2.75) is 65.1 Å². The molecule has 0 saturated carbocycles. The molecule has 2 aliphatic rings. The lowest BCUT2D eigenvalue weighted by Gasteiger charge is -2.31. The largest absolute Gasteiger partial charge is 0.496 e. The lowest BCUT2D eigenvalue weighted by Crippen LogP contribution is -2.57. The first-order valence-corrected chi connectivity index (χ1v) is 14.4. The van der Waals surface area contributed by atoms with Crippen LogP contribution in [0, 0.1) is 0 Å². The van der Waals surface area contributed by atoms with Gasteiger partial charge in [0.15, 0.2) is 0 Å². The smallest absolute Gasteiger partial charge is 0.354 e. The normalized spacial score (nSPS) is 16.9. The van der Waals surface area contributed by atoms with Crippen LogP contribution in [0.2, 0.25) is 0 Å². The molecule has 12 heteroatoms. The van der Waals surface area contributed by atoms with Crippen LogP contribution in [0.5, 0.6) is 5.75 Å². The summed E-state index contributed by atoms with van der Waals surface area (Å²) in [6.07, 6.45) is 6.66. The van der Waals surface area contributed by atoms with Crippen molar-refractivity contribution in [1.82, 2.24) is 14.1 Å². The molecule has 2 aromatic rings. The average Bonchev–Trinajstić information content (AvgIpc) is 3.01. The topological polar surface area (TPSA) is 117 Å². The van der Waals surface area contributed by atoms with Gasteiger partial charge in [-0.25, -0.2) is 14.6 Å². The molecule has 12 nitrogen and oxygen atoms in total. The van der Waals surface area contributed by atoms with Crippen molar-refractivity contribution in [3.63, 3.8) is 0 Å². The zero-order chi connectivity index (χ0) is 30.2. The number of aromatic nitrogens is 2. The minimum Gasteiger partial charge on any atom is -0.496 e. The van der Waals surface area contributed by atoms with Crippen LogP contribution in [-0.2, 0) is 14.3 Å². The summed E-state index contributed by atoms with van der Waals surface area (Å²) in [6, 6.07) is 6.89. The van der Waals surface area contributed by atoms with Crippen molar-refractivity contribution >= 4 is 23.7 Å². The molecule has 0 unspecified atom stereocenters. The molecule has 2 amide bonds. The van der Waals surface area contributed by atoms with Crippen LogP contribution in [0.25, 0.3) is 12.0 Å². The molecule has 0 N–H and O–H groups in total. The van der Waals surface area contributed by atoms with Crippen molar-refractivity contribution in [2.75, 3.05) is 45.5 Å². The Morgan fingerprint density at radius 2 is 1.79 bits per heavy atom. The van der Waals surface area contributed by atoms with E-state index in [1.807, 2.05) is 32.0 Å². The Balaban J connectivity index is 1.89. The molecule has 0 radical (unpaired) electrons. The van der Waals surface area contributed by atoms with E-state index in [0.717, 1.165) is 28.9 Å². The number of methoxy groups -OCH3 is 1. The zero-order valence-electron chi connectivity index (χ0n) is 25.1. The van der Waals surface area contributed by atoms with Crippen LogP contribution in [0.15, 0.2) is 45.2 Å². The van der Waals surface area contributed by atoms with E-state index in [4.69, 9.17) is 19.0 Å². The molecular formula is C30H41N5O7. The standard InChI is InChI=1S/C30H41N5O7/c1-21(2)42-31-22(3)25-19-34(30(38)35(28(25)36)32(4)29(37)33-15-9-6-10-16-33)20-27(41-23-13-17-40-18-14-23)24-11-7-8-12-26(24)39-5/h7-8,11-12,19-21,23H,6,9-10,13-18H2,1-5H3/b27-20-,31-22+. The number of carbonyl (C=O) groups is 1. The number of likely N-dealkylation sites (tertiary alicyclic amines) is 1. The van der Waals surface area contributed by atoms with Crippen LogP contribution in [0.1, 0.15) is 64.0 Å². The van der Waals surface area contributed by atoms with Gasteiger partial charge in [-0.05, 0) is 52.2 Å². The van der Waals surface area contributed by atoms with E-state index in [0.29, 0.717) is 56.2 Å². The molecule has 42 heavy (non-hydrogen) atoms. The van der Waals surface area contributed by atoms with E-state index in [-0.39, 0.29) is 23.5 Å². The van der Waals surface area contributed by atoms with Gasteiger partial charge in [0, 0.05) is 39.2 Å². The summed E-state index contributed by atoms with van der Waals surface area (Å²) in [5.41, 5.74) is -0.445. The van der Waals surface area contributed by atoms with Gasteiger partial charge in [-0.2, -0.15) is 4.68 Å². The van der Waals surface area contributed by atoms with Crippen LogP contribution in [0.3, 0.4) is 0 Å². The average molecular weight is 584 g/mol. The minimum atomic E-state index is -0.739. The molecule has 1 aromatic heterocycles. The van der Waals surface area contributed by atoms with Crippen molar-refractivity contribution in [2.24, 2.45) is 5.16 Å². The number of piperidine rings is 1. The first-order valence-electron chi connectivity index (χ1n) is 14.4. The first-order chi connectivity index (χ1) is 20.2. The highest BCUT2D eigenvalue weighted by atomic mass is 16.6. The summed E-state index contributed by atoms with van der Waals surface area (Å²) in [5.74, 6) is 0.925. The number of rotatable bonds is 9. The molecule has 3 heterocycles. The molecule has 1 aromatic carbocycles. The number of hydrogen-bond donors (Lipinski definition) is 0. The maximum atomic E-state index is 14.0. The van der Waals surface area contributed by atoms with Gasteiger partial charge in [0.25, 0.3) is 5.56 Å². The second kappa shape index (κ2) is 14.2. The van der Waals surface area contributed by atoms with Crippen LogP contribution in [-0.4, -0.2) is 78.6 Å². The second-order valence-electron chi connectivity index (χ2n) is 10.7. The number of para-hydroxylation sites is 1. The van der Waals surface area contributed by atoms with Crippen molar-refractivity contribution < 1.29 is 23.8 Å². The number of benzene rings is 1. The van der Waals surface area contributed by atoms with Crippen LogP contribution in [0.4, 0.5) is 4.79 Å². The van der Waals surface area contributed by atoms with E-state index < -0.39 is 17.3 Å². The highest BCUT2D eigenvalue weighted by Crippen LogP contribution is 2.30. The monoisotopic (exact) mass is 583 g/mol. The number of nitrogens with zero attached hydrogens (tertiary/aromatic N) is 5. The second-order valence-corrected chi connectivity index (χ2v) is 10.7. The lowest BCUT2D eigenvalue weighted by atomic mass is 10.1. The van der Waals surface area contributed by atoms with Gasteiger partial charge in [0.1, 0.15) is 23.7 Å². The van der Waals surface area contributed by atoms with Gasteiger partial charge in [0.05, 0.1) is 43.4 Å². The molecule has 4 rings (SSSR count). The van der Waals surface area contributed by atoms with Gasteiger partial charge in [-0.15, -0.1) is 0 Å². The first kappa shape index (κ1) is 30.9. The fourth-order valence-electron chi connectivity index (χ4n) is 4.89. The number of oxime groups is 1. The fraction of sp³-hybridized carbons (Fsp3) is 0.533. The quantitative estimate of drug-likeness (QED) is 0.252. The van der Waals surface area contributed by atoms with E-state index in [9.17, 15) is 14.4 Å². The van der Waals surface area contributed by atoms with Crippen molar-refractivity contribution in [3.8, 4) is 5.75 Å². The Kier molecular flexibility index (Phi) is 10.5. The van der Waals surface area contributed by atoms with Crippen LogP contribution >= 0.6 is 0 Å². The zero-order valence-corrected chi connectivity index (χ0v) is 25.1. The molecule has 0 aliphatic carbocycles. The third-order valence-electron chi connectivity index (χ3n) is 7.18. The molecule has 228 valence electrons. The third kappa shape index (κ3) is 7.22. The fourth-order valence-corrected chi connectivity index (χ4v) is 4.89. The lowest BCUT2D eigenvalue weighted by molar-refractivity contribution is 0.0139. The molecule has 0 atom stereocenters. The Morgan fingerprint density at radius 3 is 2.45 bits per heavy atom. The van der Waals surface area contributed by atoms with Crippen molar-refractivity contribution in [3.05, 3.63) is 62.4 Å². The van der Waals surface area contributed by atoms with Gasteiger partial charge in [0.2, 0.25) is 0 Å². The summed E-state index contributed by atoms with van der Waals surface area (Å²) in [6.45, 7) is 7.50. The van der Waals surface area contributed by atoms with Crippen LogP contribution < -0.4 is 21.0 Å². The Morgan fingerprint density at radius 1 is 1.10 bits per heavy atom. The summed E-state index contributed by atoms with van der Waals surface area (Å²) in [7, 11) is 2.99. The Hall–Kier alpha value is -4.06. The molecule has 0 spiro atoms. The van der Waals surface area contributed by atoms with E-state index in [1.54, 1.807) is 25.0 Å². The molecule has 2 fully saturated rings. The predicted molar refractivity (Wildman–Crippen MR) is 160 cm³/mol. The van der Waals surface area contributed by atoms with E-state index in [2.05, 4.69) is 5.16 Å². The Bertz CT molecular complexity index is 1420. The van der Waals surface area contributed by atoms with E-state index in [1.165, 1.54) is 24.0 Å². The minimum absolute atomic E-state index is 0.0928. The highest BCUT2D eigenvalue weighted by Gasteiger charge is 2.26. The molecule has 2 aliphatic heterocycles. The number of urea groups is 1. The molecular weight excluding hydrogens is 542 g/mol. The van der Waals surface area contributed by atoms with Gasteiger partial charge in [-0.3, -0.25) is 9.36 Å². The maximum absolute atomic E-state index is 14.0. The highest BCUT2D eigenvalue weighted by molar-refractivity contribution is 5.98. The predicted octanol–water partition coefficient (Wildman–Crippen LogP) is 3.49. The summed E-state index contributed by atoms with van der Waals surface area (Å²) in [5, 5.41) is 5.18. The summed E-state index contributed by atoms with van der Waals surface area (Å²) < 4.78 is 19.6.